The molecule has 0 aliphatic rings. The maximum Gasteiger partial charge on any atom is 0.303 e. The van der Waals surface area contributed by atoms with Crippen LogP contribution in [0.3, 0.4) is 0 Å². The average Bonchev–Trinajstić information content (AvgIpc) is 2.29. The van der Waals surface area contributed by atoms with Crippen LogP contribution in [0.4, 0.5) is 5.69 Å². The van der Waals surface area contributed by atoms with Crippen molar-refractivity contribution in [3.8, 4) is 0 Å². The van der Waals surface area contributed by atoms with E-state index in [0.717, 1.165) is 16.8 Å². The van der Waals surface area contributed by atoms with Gasteiger partial charge in [0.05, 0.1) is 6.42 Å². The molecule has 0 atom stereocenters. The van der Waals surface area contributed by atoms with Crippen LogP contribution in [0, 0.1) is 6.92 Å². The molecule has 0 aliphatic heterocycles. The smallest absolute Gasteiger partial charge is 0.303 e. The summed E-state index contributed by atoms with van der Waals surface area (Å²) < 4.78 is 0. The van der Waals surface area contributed by atoms with E-state index < -0.39 is 5.97 Å². The van der Waals surface area contributed by atoms with Crippen molar-refractivity contribution in [2.45, 2.75) is 39.5 Å². The zero-order valence-electron chi connectivity index (χ0n) is 11.0. The summed E-state index contributed by atoms with van der Waals surface area (Å²) in [5.74, 6) is -0.834. The van der Waals surface area contributed by atoms with Gasteiger partial charge in [-0.25, -0.2) is 0 Å². The highest BCUT2D eigenvalue weighted by Gasteiger charge is 2.09. The maximum absolute atomic E-state index is 11.6. The summed E-state index contributed by atoms with van der Waals surface area (Å²) in [4.78, 5) is 22.0. The van der Waals surface area contributed by atoms with Crippen molar-refractivity contribution in [2.75, 3.05) is 5.32 Å². The molecule has 0 aromatic heterocycles. The van der Waals surface area contributed by atoms with E-state index in [-0.39, 0.29) is 18.7 Å². The van der Waals surface area contributed by atoms with E-state index in [4.69, 9.17) is 5.11 Å². The highest BCUT2D eigenvalue weighted by atomic mass is 16.4. The second-order valence-electron chi connectivity index (χ2n) is 4.67. The highest BCUT2D eigenvalue weighted by molar-refractivity contribution is 5.93. The zero-order chi connectivity index (χ0) is 13.7. The second kappa shape index (κ2) is 6.19. The van der Waals surface area contributed by atoms with Crippen molar-refractivity contribution in [2.24, 2.45) is 0 Å². The minimum Gasteiger partial charge on any atom is -0.481 e. The molecule has 4 heteroatoms. The Bertz CT molecular complexity index is 452. The molecule has 1 amide bonds. The first-order valence-corrected chi connectivity index (χ1v) is 6.02. The minimum atomic E-state index is -0.960. The lowest BCUT2D eigenvalue weighted by atomic mass is 10.0. The number of nitrogens with one attached hydrogen (secondary N) is 1. The lowest BCUT2D eigenvalue weighted by Crippen LogP contribution is -2.14. The summed E-state index contributed by atoms with van der Waals surface area (Å²) in [7, 11) is 0. The van der Waals surface area contributed by atoms with Gasteiger partial charge in [0, 0.05) is 12.1 Å². The fourth-order valence-corrected chi connectivity index (χ4v) is 1.57. The second-order valence-corrected chi connectivity index (χ2v) is 4.67. The summed E-state index contributed by atoms with van der Waals surface area (Å²) in [5, 5.41) is 11.3. The molecule has 1 aromatic carbocycles. The Morgan fingerprint density at radius 1 is 1.28 bits per heavy atom. The number of carboxylic acids is 1. The molecule has 0 spiro atoms. The summed E-state index contributed by atoms with van der Waals surface area (Å²) in [6.07, 6.45) is -0.143. The number of benzene rings is 1. The van der Waals surface area contributed by atoms with E-state index in [0.29, 0.717) is 5.92 Å². The number of hydrogen-bond acceptors (Lipinski definition) is 2. The molecule has 1 rings (SSSR count). The molecule has 0 unspecified atom stereocenters. The number of hydrogen-bond donors (Lipinski definition) is 2. The van der Waals surface area contributed by atoms with Crippen molar-refractivity contribution < 1.29 is 14.7 Å². The normalized spacial score (nSPS) is 10.4. The van der Waals surface area contributed by atoms with E-state index in [9.17, 15) is 9.59 Å². The fourth-order valence-electron chi connectivity index (χ4n) is 1.57. The van der Waals surface area contributed by atoms with Crippen LogP contribution >= 0.6 is 0 Å². The third-order valence-electron chi connectivity index (χ3n) is 2.77. The van der Waals surface area contributed by atoms with E-state index in [1.807, 2.05) is 25.1 Å². The Kier molecular flexibility index (Phi) is 4.89. The van der Waals surface area contributed by atoms with Crippen LogP contribution in [-0.2, 0) is 9.59 Å². The highest BCUT2D eigenvalue weighted by Crippen LogP contribution is 2.22. The van der Waals surface area contributed by atoms with Gasteiger partial charge in [-0.3, -0.25) is 9.59 Å². The Labute approximate surface area is 107 Å². The number of aliphatic carboxylic acids is 1. The monoisotopic (exact) mass is 249 g/mol. The molecule has 0 fully saturated rings. The molecule has 0 radical (unpaired) electrons. The molecule has 0 saturated carbocycles. The van der Waals surface area contributed by atoms with Crippen molar-refractivity contribution in [1.29, 1.82) is 0 Å². The van der Waals surface area contributed by atoms with Crippen LogP contribution in [-0.4, -0.2) is 17.0 Å². The standard InChI is InChI=1S/C14H19NO3/c1-9(2)11-5-4-10(3)12(8-11)15-13(16)6-7-14(17)18/h4-5,8-9H,6-7H2,1-3H3,(H,15,16)(H,17,18). The van der Waals surface area contributed by atoms with Crippen LogP contribution < -0.4 is 5.32 Å². The summed E-state index contributed by atoms with van der Waals surface area (Å²) in [6, 6.07) is 5.94. The summed E-state index contributed by atoms with van der Waals surface area (Å²) in [6.45, 7) is 6.08. The lowest BCUT2D eigenvalue weighted by molar-refractivity contribution is -0.138. The Morgan fingerprint density at radius 2 is 1.94 bits per heavy atom. The van der Waals surface area contributed by atoms with Crippen molar-refractivity contribution in [3.63, 3.8) is 0 Å². The van der Waals surface area contributed by atoms with Gasteiger partial charge >= 0.3 is 5.97 Å². The topological polar surface area (TPSA) is 66.4 Å². The van der Waals surface area contributed by atoms with Gasteiger partial charge in [0.1, 0.15) is 0 Å². The predicted octanol–water partition coefficient (Wildman–Crippen LogP) is 2.92. The molecule has 0 aliphatic carbocycles. The number of carbonyl (C=O) groups is 2. The first kappa shape index (κ1) is 14.2. The molecule has 4 nitrogen and oxygen atoms in total. The minimum absolute atomic E-state index is 0.000674. The Hall–Kier alpha value is -1.84. The molecule has 0 bridgehead atoms. The number of aryl methyl sites for hydroxylation is 1. The van der Waals surface area contributed by atoms with Gasteiger partial charge in [-0.2, -0.15) is 0 Å². The van der Waals surface area contributed by atoms with Gasteiger partial charge < -0.3 is 10.4 Å². The first-order chi connectivity index (χ1) is 8.40. The Morgan fingerprint density at radius 3 is 2.50 bits per heavy atom. The molecular weight excluding hydrogens is 230 g/mol. The molecule has 1 aromatic rings. The maximum atomic E-state index is 11.6. The van der Waals surface area contributed by atoms with Crippen LogP contribution in [0.15, 0.2) is 18.2 Å². The van der Waals surface area contributed by atoms with Gasteiger partial charge in [-0.05, 0) is 30.0 Å². The van der Waals surface area contributed by atoms with Crippen molar-refractivity contribution in [1.82, 2.24) is 0 Å². The van der Waals surface area contributed by atoms with E-state index in [2.05, 4.69) is 19.2 Å². The number of rotatable bonds is 5. The molecule has 2 N–H and O–H groups in total. The summed E-state index contributed by atoms with van der Waals surface area (Å²) >= 11 is 0. The van der Waals surface area contributed by atoms with Gasteiger partial charge in [0.25, 0.3) is 0 Å². The predicted molar refractivity (Wildman–Crippen MR) is 70.8 cm³/mol. The first-order valence-electron chi connectivity index (χ1n) is 6.02. The third kappa shape index (κ3) is 4.20. The van der Waals surface area contributed by atoms with Crippen LogP contribution in [0.5, 0.6) is 0 Å². The van der Waals surface area contributed by atoms with E-state index in [1.165, 1.54) is 0 Å². The molecule has 98 valence electrons. The van der Waals surface area contributed by atoms with Gasteiger partial charge in [-0.15, -0.1) is 0 Å². The Balaban J connectivity index is 2.74. The van der Waals surface area contributed by atoms with Crippen LogP contribution in [0.25, 0.3) is 0 Å². The number of carboxylic acid groups (broad SMARTS) is 1. The average molecular weight is 249 g/mol. The van der Waals surface area contributed by atoms with Gasteiger partial charge in [0.2, 0.25) is 5.91 Å². The van der Waals surface area contributed by atoms with Gasteiger partial charge in [0.15, 0.2) is 0 Å². The number of anilines is 1. The lowest BCUT2D eigenvalue weighted by Gasteiger charge is -2.12. The molecular formula is C14H19NO3. The van der Waals surface area contributed by atoms with E-state index >= 15 is 0 Å². The summed E-state index contributed by atoms with van der Waals surface area (Å²) in [5.41, 5.74) is 2.88. The quantitative estimate of drug-likeness (QED) is 0.843. The van der Waals surface area contributed by atoms with E-state index in [1.54, 1.807) is 0 Å². The number of amides is 1. The third-order valence-corrected chi connectivity index (χ3v) is 2.77. The van der Waals surface area contributed by atoms with Crippen LogP contribution in [0.2, 0.25) is 0 Å². The molecule has 0 heterocycles. The molecule has 0 saturated heterocycles. The van der Waals surface area contributed by atoms with Crippen molar-refractivity contribution >= 4 is 17.6 Å². The van der Waals surface area contributed by atoms with Gasteiger partial charge in [-0.1, -0.05) is 26.0 Å². The fraction of sp³-hybridized carbons (Fsp3) is 0.429. The largest absolute Gasteiger partial charge is 0.481 e. The number of carbonyl (C=O) groups excluding carboxylic acids is 1. The molecule has 18 heavy (non-hydrogen) atoms. The van der Waals surface area contributed by atoms with Crippen LogP contribution in [0.1, 0.15) is 43.7 Å². The SMILES string of the molecule is Cc1ccc(C(C)C)cc1NC(=O)CCC(=O)O. The van der Waals surface area contributed by atoms with Crippen molar-refractivity contribution in [3.05, 3.63) is 29.3 Å². The zero-order valence-corrected chi connectivity index (χ0v) is 11.0.